The predicted octanol–water partition coefficient (Wildman–Crippen LogP) is 0.404. The zero-order chi connectivity index (χ0) is 12.0. The van der Waals surface area contributed by atoms with Gasteiger partial charge in [0.05, 0.1) is 12.5 Å². The smallest absolute Gasteiger partial charge is 0.240 e. The van der Waals surface area contributed by atoms with Gasteiger partial charge in [0, 0.05) is 13.1 Å². The second-order valence-corrected chi connectivity index (χ2v) is 4.37. The van der Waals surface area contributed by atoms with Crippen molar-refractivity contribution in [2.45, 2.75) is 44.6 Å². The second-order valence-electron chi connectivity index (χ2n) is 4.37. The third kappa shape index (κ3) is 5.89. The number of hydrogen-bond acceptors (Lipinski definition) is 3. The Balaban J connectivity index is 0.00000256. The fourth-order valence-electron chi connectivity index (χ4n) is 2.01. The van der Waals surface area contributed by atoms with E-state index in [0.29, 0.717) is 0 Å². The van der Waals surface area contributed by atoms with Crippen molar-refractivity contribution in [2.75, 3.05) is 13.1 Å². The predicted molar refractivity (Wildman–Crippen MR) is 68.7 cm³/mol. The van der Waals surface area contributed by atoms with Gasteiger partial charge < -0.3 is 16.4 Å². The Morgan fingerprint density at radius 1 is 1.06 bits per heavy atom. The summed E-state index contributed by atoms with van der Waals surface area (Å²) in [5.74, 6) is -0.659. The van der Waals surface area contributed by atoms with Crippen LogP contribution in [0.2, 0.25) is 0 Å². The molecule has 0 aromatic heterocycles. The lowest BCUT2D eigenvalue weighted by molar-refractivity contribution is -0.135. The van der Waals surface area contributed by atoms with Crippen molar-refractivity contribution < 1.29 is 9.59 Å². The SMILES string of the molecule is Cl.NC(=O)CC(N)C(=O)N1CCCCCCC1. The summed E-state index contributed by atoms with van der Waals surface area (Å²) in [5.41, 5.74) is 10.7. The fraction of sp³-hybridized carbons (Fsp3) is 0.818. The van der Waals surface area contributed by atoms with Crippen molar-refractivity contribution in [1.82, 2.24) is 4.90 Å². The molecule has 2 amide bonds. The number of nitrogens with two attached hydrogens (primary N) is 2. The van der Waals surface area contributed by atoms with Crippen LogP contribution >= 0.6 is 12.4 Å². The van der Waals surface area contributed by atoms with Gasteiger partial charge in [-0.1, -0.05) is 19.3 Å². The number of primary amides is 1. The summed E-state index contributed by atoms with van der Waals surface area (Å²) in [6.45, 7) is 1.51. The van der Waals surface area contributed by atoms with Crippen LogP contribution in [0.3, 0.4) is 0 Å². The number of halogens is 1. The zero-order valence-corrected chi connectivity index (χ0v) is 10.9. The summed E-state index contributed by atoms with van der Waals surface area (Å²) < 4.78 is 0. The van der Waals surface area contributed by atoms with Crippen LogP contribution < -0.4 is 11.5 Å². The minimum absolute atomic E-state index is 0. The minimum Gasteiger partial charge on any atom is -0.370 e. The Hall–Kier alpha value is -0.810. The van der Waals surface area contributed by atoms with E-state index in [-0.39, 0.29) is 24.7 Å². The molecule has 1 atom stereocenters. The summed E-state index contributed by atoms with van der Waals surface area (Å²) in [6, 6.07) is -0.767. The maximum Gasteiger partial charge on any atom is 0.240 e. The van der Waals surface area contributed by atoms with Gasteiger partial charge in [0.15, 0.2) is 0 Å². The van der Waals surface area contributed by atoms with E-state index in [1.807, 2.05) is 0 Å². The van der Waals surface area contributed by atoms with Gasteiger partial charge >= 0.3 is 0 Å². The van der Waals surface area contributed by atoms with E-state index in [4.69, 9.17) is 11.5 Å². The zero-order valence-electron chi connectivity index (χ0n) is 10.1. The Bertz CT molecular complexity index is 253. The van der Waals surface area contributed by atoms with Crippen LogP contribution in [0.15, 0.2) is 0 Å². The molecule has 0 radical (unpaired) electrons. The van der Waals surface area contributed by atoms with Gasteiger partial charge in [-0.05, 0) is 12.8 Å². The molecule has 1 fully saturated rings. The van der Waals surface area contributed by atoms with Crippen LogP contribution in [-0.4, -0.2) is 35.8 Å². The van der Waals surface area contributed by atoms with Crippen molar-refractivity contribution in [2.24, 2.45) is 11.5 Å². The van der Waals surface area contributed by atoms with Crippen LogP contribution in [0.25, 0.3) is 0 Å². The average Bonchev–Trinajstić information content (AvgIpc) is 2.15. The largest absolute Gasteiger partial charge is 0.370 e. The van der Waals surface area contributed by atoms with E-state index in [9.17, 15) is 9.59 Å². The van der Waals surface area contributed by atoms with Crippen molar-refractivity contribution in [3.63, 3.8) is 0 Å². The number of rotatable bonds is 3. The molecule has 0 bridgehead atoms. The molecule has 0 aromatic carbocycles. The second kappa shape index (κ2) is 8.31. The number of nitrogens with zero attached hydrogens (tertiary/aromatic N) is 1. The van der Waals surface area contributed by atoms with Crippen molar-refractivity contribution in [1.29, 1.82) is 0 Å². The first-order valence-electron chi connectivity index (χ1n) is 5.94. The van der Waals surface area contributed by atoms with Gasteiger partial charge in [-0.15, -0.1) is 12.4 Å². The van der Waals surface area contributed by atoms with E-state index >= 15 is 0 Å². The van der Waals surface area contributed by atoms with E-state index in [0.717, 1.165) is 38.8 Å². The maximum absolute atomic E-state index is 11.9. The molecule has 17 heavy (non-hydrogen) atoms. The van der Waals surface area contributed by atoms with Gasteiger partial charge in [0.2, 0.25) is 11.8 Å². The number of amides is 2. The van der Waals surface area contributed by atoms with E-state index in [1.165, 1.54) is 6.42 Å². The first-order chi connectivity index (χ1) is 7.61. The Kier molecular flexibility index (Phi) is 7.91. The molecule has 1 rings (SSSR count). The van der Waals surface area contributed by atoms with Crippen LogP contribution in [0.4, 0.5) is 0 Å². The Morgan fingerprint density at radius 3 is 2.00 bits per heavy atom. The van der Waals surface area contributed by atoms with Gasteiger partial charge in [-0.25, -0.2) is 0 Å². The van der Waals surface area contributed by atoms with E-state index < -0.39 is 11.9 Å². The molecule has 1 aliphatic rings. The van der Waals surface area contributed by atoms with Crippen LogP contribution in [0.1, 0.15) is 38.5 Å². The highest BCUT2D eigenvalue weighted by Gasteiger charge is 2.22. The number of carbonyl (C=O) groups is 2. The molecule has 100 valence electrons. The van der Waals surface area contributed by atoms with Gasteiger partial charge in [-0.2, -0.15) is 0 Å². The van der Waals surface area contributed by atoms with Crippen molar-refractivity contribution in [3.8, 4) is 0 Å². The maximum atomic E-state index is 11.9. The average molecular weight is 264 g/mol. The molecular formula is C11H22ClN3O2. The Labute approximate surface area is 108 Å². The Morgan fingerprint density at radius 2 is 1.53 bits per heavy atom. The van der Waals surface area contributed by atoms with Crippen LogP contribution in [-0.2, 0) is 9.59 Å². The van der Waals surface area contributed by atoms with Crippen LogP contribution in [0, 0.1) is 0 Å². The molecular weight excluding hydrogens is 242 g/mol. The summed E-state index contributed by atoms with van der Waals surface area (Å²) in [4.78, 5) is 24.4. The molecule has 5 nitrogen and oxygen atoms in total. The van der Waals surface area contributed by atoms with Gasteiger partial charge in [-0.3, -0.25) is 9.59 Å². The van der Waals surface area contributed by atoms with E-state index in [2.05, 4.69) is 0 Å². The lowest BCUT2D eigenvalue weighted by Crippen LogP contribution is -2.46. The molecule has 1 heterocycles. The molecule has 6 heteroatoms. The van der Waals surface area contributed by atoms with Crippen LogP contribution in [0.5, 0.6) is 0 Å². The monoisotopic (exact) mass is 263 g/mol. The number of hydrogen-bond donors (Lipinski definition) is 2. The highest BCUT2D eigenvalue weighted by atomic mass is 35.5. The lowest BCUT2D eigenvalue weighted by Gasteiger charge is -2.27. The minimum atomic E-state index is -0.767. The highest BCUT2D eigenvalue weighted by molar-refractivity contribution is 5.87. The highest BCUT2D eigenvalue weighted by Crippen LogP contribution is 2.11. The molecule has 0 aliphatic carbocycles. The molecule has 1 aliphatic heterocycles. The third-order valence-electron chi connectivity index (χ3n) is 2.91. The standard InChI is InChI=1S/C11H21N3O2.ClH/c12-9(8-10(13)15)11(16)14-6-4-2-1-3-5-7-14;/h9H,1-8,12H2,(H2,13,15);1H. The third-order valence-corrected chi connectivity index (χ3v) is 2.91. The summed E-state index contributed by atoms with van der Waals surface area (Å²) >= 11 is 0. The van der Waals surface area contributed by atoms with Crippen molar-refractivity contribution in [3.05, 3.63) is 0 Å². The topological polar surface area (TPSA) is 89.4 Å². The normalized spacial score (nSPS) is 18.5. The molecule has 4 N–H and O–H groups in total. The molecule has 1 unspecified atom stereocenters. The van der Waals surface area contributed by atoms with Gasteiger partial charge in [0.25, 0.3) is 0 Å². The van der Waals surface area contributed by atoms with Gasteiger partial charge in [0.1, 0.15) is 0 Å². The lowest BCUT2D eigenvalue weighted by atomic mass is 10.1. The number of likely N-dealkylation sites (tertiary alicyclic amines) is 1. The number of carbonyl (C=O) groups excluding carboxylic acids is 2. The summed E-state index contributed by atoms with van der Waals surface area (Å²) in [6.07, 6.45) is 5.55. The van der Waals surface area contributed by atoms with E-state index in [1.54, 1.807) is 4.90 Å². The fourth-order valence-corrected chi connectivity index (χ4v) is 2.01. The quantitative estimate of drug-likeness (QED) is 0.773. The van der Waals surface area contributed by atoms with Crippen molar-refractivity contribution >= 4 is 24.2 Å². The molecule has 1 saturated heterocycles. The first kappa shape index (κ1) is 16.2. The molecule has 0 saturated carbocycles. The summed E-state index contributed by atoms with van der Waals surface area (Å²) in [7, 11) is 0. The summed E-state index contributed by atoms with van der Waals surface area (Å²) in [5, 5.41) is 0. The molecule has 0 spiro atoms. The molecule has 0 aromatic rings. The first-order valence-corrected chi connectivity index (χ1v) is 5.94.